The summed E-state index contributed by atoms with van der Waals surface area (Å²) in [5.41, 5.74) is 10.8. The molecule has 0 aromatic heterocycles. The Morgan fingerprint density at radius 1 is 1.09 bits per heavy atom. The average Bonchev–Trinajstić information content (AvgIpc) is 3.35. The second-order valence-electron chi connectivity index (χ2n) is 5.84. The zero-order valence-electron chi connectivity index (χ0n) is 12.9. The molecule has 0 heterocycles. The second kappa shape index (κ2) is 6.12. The van der Waals surface area contributed by atoms with Crippen molar-refractivity contribution in [2.75, 3.05) is 5.01 Å². The molecule has 1 fully saturated rings. The van der Waals surface area contributed by atoms with Gasteiger partial charge in [0.1, 0.15) is 0 Å². The van der Waals surface area contributed by atoms with Gasteiger partial charge < -0.3 is 5.73 Å². The molecule has 1 aliphatic rings. The number of carbonyl (C=O) groups is 2. The second-order valence-corrected chi connectivity index (χ2v) is 5.84. The molecular weight excluding hydrogens is 290 g/mol. The number of carbonyl (C=O) groups excluding carboxylic acids is 2. The summed E-state index contributed by atoms with van der Waals surface area (Å²) in [5.74, 6) is -0.0909. The highest BCUT2D eigenvalue weighted by molar-refractivity contribution is 5.95. The third-order valence-electron chi connectivity index (χ3n) is 4.09. The first kappa shape index (κ1) is 15.1. The molecule has 118 valence electrons. The fourth-order valence-electron chi connectivity index (χ4n) is 2.69. The van der Waals surface area contributed by atoms with E-state index in [0.29, 0.717) is 5.69 Å². The molecule has 5 heteroatoms. The number of urea groups is 1. The van der Waals surface area contributed by atoms with Crippen LogP contribution in [-0.4, -0.2) is 11.9 Å². The minimum atomic E-state index is -0.709. The van der Waals surface area contributed by atoms with Gasteiger partial charge >= 0.3 is 6.03 Å². The van der Waals surface area contributed by atoms with Crippen LogP contribution in [0.1, 0.15) is 23.5 Å². The lowest BCUT2D eigenvalue weighted by molar-refractivity contribution is -0.122. The first-order chi connectivity index (χ1) is 11.1. The summed E-state index contributed by atoms with van der Waals surface area (Å²) in [5, 5.41) is 1.10. The number of primary amides is 1. The normalized spacial score (nSPS) is 19.0. The van der Waals surface area contributed by atoms with E-state index < -0.39 is 6.03 Å². The maximum absolute atomic E-state index is 12.4. The molecule has 2 unspecified atom stereocenters. The van der Waals surface area contributed by atoms with Crippen LogP contribution in [0.3, 0.4) is 0 Å². The van der Waals surface area contributed by atoms with Gasteiger partial charge in [0.2, 0.25) is 5.91 Å². The number of hydrogen-bond donors (Lipinski definition) is 2. The summed E-state index contributed by atoms with van der Waals surface area (Å²) in [7, 11) is 0. The van der Waals surface area contributed by atoms with Gasteiger partial charge in [0.15, 0.2) is 0 Å². The van der Waals surface area contributed by atoms with Crippen molar-refractivity contribution in [3.05, 3.63) is 65.7 Å². The number of nitrogens with one attached hydrogen (secondary N) is 1. The number of nitrogens with zero attached hydrogens (tertiary/aromatic N) is 1. The fraction of sp³-hybridized carbons (Fsp3) is 0.222. The maximum Gasteiger partial charge on any atom is 0.338 e. The Kier molecular flexibility index (Phi) is 4.02. The van der Waals surface area contributed by atoms with Crippen LogP contribution >= 0.6 is 0 Å². The predicted molar refractivity (Wildman–Crippen MR) is 88.7 cm³/mol. The highest BCUT2D eigenvalue weighted by atomic mass is 16.2. The molecular formula is C18H19N3O2. The molecule has 3 N–H and O–H groups in total. The van der Waals surface area contributed by atoms with Crippen molar-refractivity contribution in [3.8, 4) is 0 Å². The fourth-order valence-corrected chi connectivity index (χ4v) is 2.69. The van der Waals surface area contributed by atoms with E-state index >= 15 is 0 Å². The van der Waals surface area contributed by atoms with Crippen LogP contribution in [0.15, 0.2) is 54.6 Å². The van der Waals surface area contributed by atoms with Crippen molar-refractivity contribution >= 4 is 17.6 Å². The minimum absolute atomic E-state index is 0.121. The lowest BCUT2D eigenvalue weighted by Gasteiger charge is -2.21. The van der Waals surface area contributed by atoms with Crippen LogP contribution in [0.5, 0.6) is 0 Å². The minimum Gasteiger partial charge on any atom is -0.350 e. The largest absolute Gasteiger partial charge is 0.350 e. The Morgan fingerprint density at radius 2 is 1.74 bits per heavy atom. The summed E-state index contributed by atoms with van der Waals surface area (Å²) in [4.78, 5) is 24.0. The zero-order chi connectivity index (χ0) is 16.4. The van der Waals surface area contributed by atoms with E-state index in [1.54, 1.807) is 12.1 Å². The Morgan fingerprint density at radius 3 is 2.35 bits per heavy atom. The Balaban J connectivity index is 1.68. The van der Waals surface area contributed by atoms with E-state index in [0.717, 1.165) is 22.6 Å². The number of hydrazine groups is 1. The summed E-state index contributed by atoms with van der Waals surface area (Å²) < 4.78 is 0. The molecule has 0 saturated heterocycles. The molecule has 0 spiro atoms. The van der Waals surface area contributed by atoms with Gasteiger partial charge in [-0.2, -0.15) is 0 Å². The van der Waals surface area contributed by atoms with Crippen molar-refractivity contribution < 1.29 is 9.59 Å². The number of anilines is 1. The van der Waals surface area contributed by atoms with Crippen molar-refractivity contribution in [3.63, 3.8) is 0 Å². The zero-order valence-corrected chi connectivity index (χ0v) is 12.9. The van der Waals surface area contributed by atoms with Crippen molar-refractivity contribution in [1.82, 2.24) is 5.43 Å². The molecule has 23 heavy (non-hydrogen) atoms. The Hall–Kier alpha value is -2.82. The van der Waals surface area contributed by atoms with Crippen molar-refractivity contribution in [2.45, 2.75) is 19.3 Å². The highest BCUT2D eigenvalue weighted by Gasteiger charge is 2.44. The molecule has 5 nitrogen and oxygen atoms in total. The average molecular weight is 309 g/mol. The number of amides is 3. The number of hydrogen-bond acceptors (Lipinski definition) is 2. The van der Waals surface area contributed by atoms with Crippen LogP contribution in [0.4, 0.5) is 10.5 Å². The molecule has 1 saturated carbocycles. The van der Waals surface area contributed by atoms with Gasteiger partial charge in [-0.1, -0.05) is 48.0 Å². The molecule has 2 aromatic carbocycles. The van der Waals surface area contributed by atoms with Crippen LogP contribution in [-0.2, 0) is 4.79 Å². The van der Waals surface area contributed by atoms with Gasteiger partial charge in [0, 0.05) is 5.92 Å². The lowest BCUT2D eigenvalue weighted by atomic mass is 10.1. The summed E-state index contributed by atoms with van der Waals surface area (Å²) in [6.45, 7) is 1.95. The van der Waals surface area contributed by atoms with Crippen molar-refractivity contribution in [1.29, 1.82) is 0 Å². The van der Waals surface area contributed by atoms with Crippen LogP contribution < -0.4 is 16.2 Å². The van der Waals surface area contributed by atoms with E-state index in [4.69, 9.17) is 5.73 Å². The molecule has 3 amide bonds. The first-order valence-corrected chi connectivity index (χ1v) is 7.58. The first-order valence-electron chi connectivity index (χ1n) is 7.58. The van der Waals surface area contributed by atoms with Gasteiger partial charge in [-0.25, -0.2) is 9.80 Å². The third kappa shape index (κ3) is 3.34. The van der Waals surface area contributed by atoms with E-state index in [1.807, 2.05) is 49.4 Å². The van der Waals surface area contributed by atoms with Gasteiger partial charge in [0.25, 0.3) is 0 Å². The van der Waals surface area contributed by atoms with E-state index in [1.165, 1.54) is 0 Å². The Labute approximate surface area is 135 Å². The highest BCUT2D eigenvalue weighted by Crippen LogP contribution is 2.47. The maximum atomic E-state index is 12.4. The topological polar surface area (TPSA) is 75.4 Å². The van der Waals surface area contributed by atoms with Gasteiger partial charge in [-0.3, -0.25) is 10.2 Å². The number of nitrogens with two attached hydrogens (primary N) is 1. The van der Waals surface area contributed by atoms with Crippen LogP contribution in [0, 0.1) is 12.8 Å². The van der Waals surface area contributed by atoms with E-state index in [2.05, 4.69) is 5.43 Å². The van der Waals surface area contributed by atoms with Crippen molar-refractivity contribution in [2.24, 2.45) is 11.7 Å². The number of benzene rings is 2. The van der Waals surface area contributed by atoms with E-state index in [-0.39, 0.29) is 17.7 Å². The number of rotatable bonds is 3. The molecule has 1 aliphatic carbocycles. The molecule has 2 aromatic rings. The summed E-state index contributed by atoms with van der Waals surface area (Å²) >= 11 is 0. The summed E-state index contributed by atoms with van der Waals surface area (Å²) in [6, 6.07) is 16.4. The van der Waals surface area contributed by atoms with Gasteiger partial charge in [-0.15, -0.1) is 0 Å². The number of aryl methyl sites for hydroxylation is 1. The predicted octanol–water partition coefficient (Wildman–Crippen LogP) is 2.72. The molecule has 3 rings (SSSR count). The SMILES string of the molecule is Cc1ccc(N(NC(=O)C2CC2c2ccccc2)C(N)=O)cc1. The smallest absolute Gasteiger partial charge is 0.338 e. The van der Waals surface area contributed by atoms with Crippen LogP contribution in [0.2, 0.25) is 0 Å². The Bertz CT molecular complexity index is 713. The van der Waals surface area contributed by atoms with Gasteiger partial charge in [-0.05, 0) is 37.0 Å². The quantitative estimate of drug-likeness (QED) is 0.855. The molecule has 0 radical (unpaired) electrons. The van der Waals surface area contributed by atoms with Gasteiger partial charge in [0.05, 0.1) is 5.69 Å². The monoisotopic (exact) mass is 309 g/mol. The molecule has 2 atom stereocenters. The van der Waals surface area contributed by atoms with Crippen LogP contribution in [0.25, 0.3) is 0 Å². The standard InChI is InChI=1S/C18H19N3O2/c1-12-7-9-14(10-8-12)21(18(19)23)20-17(22)16-11-15(16)13-5-3-2-4-6-13/h2-10,15-16H,11H2,1H3,(H2,19,23)(H,20,22). The molecule has 0 bridgehead atoms. The molecule has 0 aliphatic heterocycles. The lowest BCUT2D eigenvalue weighted by Crippen LogP contribution is -2.49. The summed E-state index contributed by atoms with van der Waals surface area (Å²) in [6.07, 6.45) is 0.788. The van der Waals surface area contributed by atoms with E-state index in [9.17, 15) is 9.59 Å². The third-order valence-corrected chi connectivity index (χ3v) is 4.09.